The van der Waals surface area contributed by atoms with Gasteiger partial charge in [0.1, 0.15) is 0 Å². The molecule has 0 saturated carbocycles. The summed E-state index contributed by atoms with van der Waals surface area (Å²) in [5, 5.41) is 0. The van der Waals surface area contributed by atoms with Crippen molar-refractivity contribution in [1.82, 2.24) is 0 Å². The number of nitrogens with two attached hydrogens (primary N) is 1. The van der Waals surface area contributed by atoms with E-state index >= 15 is 0 Å². The standard InChI is InChI=1S/C5H10BrNOS/c1-5(6)4-9(8)3-2-7/h1-4,7H2. The van der Waals surface area contributed by atoms with Gasteiger partial charge in [0.2, 0.25) is 0 Å². The van der Waals surface area contributed by atoms with Crippen LogP contribution in [-0.2, 0) is 10.8 Å². The summed E-state index contributed by atoms with van der Waals surface area (Å²) < 4.78 is 11.6. The van der Waals surface area contributed by atoms with Crippen molar-refractivity contribution in [3.8, 4) is 0 Å². The van der Waals surface area contributed by atoms with Crippen LogP contribution >= 0.6 is 15.9 Å². The molecule has 0 spiro atoms. The molecule has 0 aliphatic heterocycles. The van der Waals surface area contributed by atoms with Crippen LogP contribution in [0.5, 0.6) is 0 Å². The van der Waals surface area contributed by atoms with Crippen molar-refractivity contribution in [2.24, 2.45) is 5.73 Å². The first-order chi connectivity index (χ1) is 4.16. The molecule has 0 saturated heterocycles. The van der Waals surface area contributed by atoms with Gasteiger partial charge in [-0.15, -0.1) is 0 Å². The van der Waals surface area contributed by atoms with Crippen molar-refractivity contribution >= 4 is 26.7 Å². The molecule has 0 fully saturated rings. The van der Waals surface area contributed by atoms with Gasteiger partial charge in [0.25, 0.3) is 0 Å². The number of halogens is 1. The molecule has 0 rings (SSSR count). The zero-order valence-corrected chi connectivity index (χ0v) is 7.50. The summed E-state index contributed by atoms with van der Waals surface area (Å²) in [5.41, 5.74) is 5.17. The molecule has 2 nitrogen and oxygen atoms in total. The van der Waals surface area contributed by atoms with Gasteiger partial charge in [-0.3, -0.25) is 4.21 Å². The molecule has 1 atom stereocenters. The third-order valence-corrected chi connectivity index (χ3v) is 2.68. The van der Waals surface area contributed by atoms with Crippen LogP contribution in [0.15, 0.2) is 11.1 Å². The second kappa shape index (κ2) is 5.14. The van der Waals surface area contributed by atoms with Gasteiger partial charge in [-0.1, -0.05) is 22.5 Å². The maximum absolute atomic E-state index is 10.8. The van der Waals surface area contributed by atoms with E-state index in [0.29, 0.717) is 18.1 Å². The van der Waals surface area contributed by atoms with E-state index in [1.165, 1.54) is 0 Å². The van der Waals surface area contributed by atoms with Gasteiger partial charge in [-0.2, -0.15) is 0 Å². The summed E-state index contributed by atoms with van der Waals surface area (Å²) in [5.74, 6) is 1.07. The fourth-order valence-corrected chi connectivity index (χ4v) is 1.90. The molecular formula is C5H10BrNOS. The topological polar surface area (TPSA) is 43.1 Å². The van der Waals surface area contributed by atoms with Crippen LogP contribution in [0.25, 0.3) is 0 Å². The molecule has 0 bridgehead atoms. The SMILES string of the molecule is C=C(Br)CS(=O)CCN. The lowest BCUT2D eigenvalue weighted by Crippen LogP contribution is -2.12. The van der Waals surface area contributed by atoms with Gasteiger partial charge in [-0.05, 0) is 0 Å². The Labute approximate surface area is 66.1 Å². The summed E-state index contributed by atoms with van der Waals surface area (Å²) in [6, 6.07) is 0. The molecule has 0 aromatic heterocycles. The van der Waals surface area contributed by atoms with Crippen LogP contribution in [0.3, 0.4) is 0 Å². The maximum atomic E-state index is 10.8. The van der Waals surface area contributed by atoms with Crippen LogP contribution in [0.1, 0.15) is 0 Å². The van der Waals surface area contributed by atoms with Crippen molar-refractivity contribution in [3.63, 3.8) is 0 Å². The molecule has 0 aromatic rings. The quantitative estimate of drug-likeness (QED) is 0.741. The Bertz CT molecular complexity index is 126. The van der Waals surface area contributed by atoms with Crippen LogP contribution in [0.2, 0.25) is 0 Å². The minimum Gasteiger partial charge on any atom is -0.330 e. The largest absolute Gasteiger partial charge is 0.330 e. The lowest BCUT2D eigenvalue weighted by Gasteiger charge is -1.95. The molecule has 0 amide bonds. The van der Waals surface area contributed by atoms with Crippen molar-refractivity contribution in [1.29, 1.82) is 0 Å². The first kappa shape index (κ1) is 9.33. The predicted molar refractivity (Wildman–Crippen MR) is 45.0 cm³/mol. The van der Waals surface area contributed by atoms with E-state index in [-0.39, 0.29) is 0 Å². The third-order valence-electron chi connectivity index (χ3n) is 0.663. The van der Waals surface area contributed by atoms with Crippen LogP contribution in [0.4, 0.5) is 0 Å². The Morgan fingerprint density at radius 1 is 1.78 bits per heavy atom. The van der Waals surface area contributed by atoms with Crippen LogP contribution in [-0.4, -0.2) is 22.3 Å². The molecule has 54 valence electrons. The zero-order chi connectivity index (χ0) is 7.28. The second-order valence-electron chi connectivity index (χ2n) is 1.59. The molecule has 0 aromatic carbocycles. The predicted octanol–water partition coefficient (Wildman–Crippen LogP) is 0.602. The summed E-state index contributed by atoms with van der Waals surface area (Å²) in [6.45, 7) is 4.04. The van der Waals surface area contributed by atoms with Crippen molar-refractivity contribution in [2.75, 3.05) is 18.1 Å². The van der Waals surface area contributed by atoms with Crippen molar-refractivity contribution in [2.45, 2.75) is 0 Å². The minimum absolute atomic E-state index is 0.479. The minimum atomic E-state index is -0.822. The van der Waals surface area contributed by atoms with Crippen molar-refractivity contribution < 1.29 is 4.21 Å². The third kappa shape index (κ3) is 6.21. The van der Waals surface area contributed by atoms with E-state index in [1.54, 1.807) is 0 Å². The summed E-state index contributed by atoms with van der Waals surface area (Å²) in [6.07, 6.45) is 0. The number of hydrogen-bond donors (Lipinski definition) is 1. The molecule has 1 unspecified atom stereocenters. The summed E-state index contributed by atoms with van der Waals surface area (Å²) in [7, 11) is -0.822. The van der Waals surface area contributed by atoms with Crippen LogP contribution in [0, 0.1) is 0 Å². The van der Waals surface area contributed by atoms with E-state index < -0.39 is 10.8 Å². The lowest BCUT2D eigenvalue weighted by atomic mass is 10.8. The fourth-order valence-electron chi connectivity index (χ4n) is 0.378. The monoisotopic (exact) mass is 211 g/mol. The average Bonchev–Trinajstić information content (AvgIpc) is 1.63. The Kier molecular flexibility index (Phi) is 5.33. The van der Waals surface area contributed by atoms with E-state index in [0.717, 1.165) is 4.48 Å². The zero-order valence-electron chi connectivity index (χ0n) is 5.10. The first-order valence-corrected chi connectivity index (χ1v) is 4.83. The molecule has 2 N–H and O–H groups in total. The van der Waals surface area contributed by atoms with Gasteiger partial charge in [-0.25, -0.2) is 0 Å². The highest BCUT2D eigenvalue weighted by molar-refractivity contribution is 9.11. The highest BCUT2D eigenvalue weighted by Crippen LogP contribution is 2.01. The van der Waals surface area contributed by atoms with E-state index in [9.17, 15) is 4.21 Å². The highest BCUT2D eigenvalue weighted by atomic mass is 79.9. The maximum Gasteiger partial charge on any atom is 0.0546 e. The lowest BCUT2D eigenvalue weighted by molar-refractivity contribution is 0.684. The van der Waals surface area contributed by atoms with Gasteiger partial charge >= 0.3 is 0 Å². The molecule has 4 heteroatoms. The van der Waals surface area contributed by atoms with Crippen LogP contribution < -0.4 is 5.73 Å². The molecule has 0 heterocycles. The molecule has 0 aliphatic carbocycles. The molecule has 9 heavy (non-hydrogen) atoms. The molecule has 0 aliphatic rings. The number of hydrogen-bond acceptors (Lipinski definition) is 2. The second-order valence-corrected chi connectivity index (χ2v) is 4.29. The van der Waals surface area contributed by atoms with Gasteiger partial charge in [0.05, 0.1) is 5.75 Å². The van der Waals surface area contributed by atoms with E-state index in [1.807, 2.05) is 0 Å². The Morgan fingerprint density at radius 3 is 2.67 bits per heavy atom. The van der Waals surface area contributed by atoms with Gasteiger partial charge in [0, 0.05) is 27.6 Å². The Hall–Kier alpha value is 0.330. The Morgan fingerprint density at radius 2 is 2.33 bits per heavy atom. The van der Waals surface area contributed by atoms with Gasteiger partial charge in [0.15, 0.2) is 0 Å². The summed E-state index contributed by atoms with van der Waals surface area (Å²) >= 11 is 3.12. The van der Waals surface area contributed by atoms with E-state index in [4.69, 9.17) is 5.73 Å². The first-order valence-electron chi connectivity index (χ1n) is 2.55. The smallest absolute Gasteiger partial charge is 0.0546 e. The molecule has 0 radical (unpaired) electrons. The van der Waals surface area contributed by atoms with Gasteiger partial charge < -0.3 is 5.73 Å². The molecular weight excluding hydrogens is 202 g/mol. The Balaban J connectivity index is 3.39. The average molecular weight is 212 g/mol. The fraction of sp³-hybridized carbons (Fsp3) is 0.600. The summed E-state index contributed by atoms with van der Waals surface area (Å²) in [4.78, 5) is 0. The highest BCUT2D eigenvalue weighted by Gasteiger charge is 1.97. The van der Waals surface area contributed by atoms with Crippen molar-refractivity contribution in [3.05, 3.63) is 11.1 Å². The normalized spacial score (nSPS) is 13.1. The van der Waals surface area contributed by atoms with E-state index in [2.05, 4.69) is 22.5 Å². The number of rotatable bonds is 4.